The van der Waals surface area contributed by atoms with Crippen LogP contribution in [0.25, 0.3) is 10.9 Å². The lowest BCUT2D eigenvalue weighted by Gasteiger charge is -2.11. The van der Waals surface area contributed by atoms with Crippen molar-refractivity contribution >= 4 is 22.6 Å². The van der Waals surface area contributed by atoms with Crippen molar-refractivity contribution in [3.05, 3.63) is 42.2 Å². The van der Waals surface area contributed by atoms with Gasteiger partial charge in [-0.15, -0.1) is 0 Å². The number of anilines is 1. The van der Waals surface area contributed by atoms with E-state index in [1.165, 1.54) is 0 Å². The summed E-state index contributed by atoms with van der Waals surface area (Å²) < 4.78 is 5.26. The highest BCUT2D eigenvalue weighted by Gasteiger charge is 2.06. The first-order valence-corrected chi connectivity index (χ1v) is 6.18. The Morgan fingerprint density at radius 3 is 3.00 bits per heavy atom. The maximum atomic E-state index is 10.6. The van der Waals surface area contributed by atoms with Gasteiger partial charge in [-0.25, -0.2) is 0 Å². The Morgan fingerprint density at radius 2 is 2.30 bits per heavy atom. The number of allylic oxidation sites excluding steroid dienone is 1. The Bertz CT molecular complexity index is 665. The average Bonchev–Trinajstić information content (AvgIpc) is 2.45. The Kier molecular flexibility index (Phi) is 4.20. The molecular formula is C15H16N2O3. The molecule has 0 unspecified atom stereocenters. The zero-order valence-electron chi connectivity index (χ0n) is 11.4. The van der Waals surface area contributed by atoms with Crippen molar-refractivity contribution in [3.63, 3.8) is 0 Å². The number of aromatic nitrogens is 1. The van der Waals surface area contributed by atoms with Crippen LogP contribution in [0.4, 0.5) is 5.69 Å². The average molecular weight is 272 g/mol. The molecule has 0 spiro atoms. The number of hydrogen-bond acceptors (Lipinski definition) is 4. The van der Waals surface area contributed by atoms with Crippen molar-refractivity contribution < 1.29 is 14.6 Å². The monoisotopic (exact) mass is 272 g/mol. The largest absolute Gasteiger partial charge is 0.497 e. The van der Waals surface area contributed by atoms with E-state index >= 15 is 0 Å². The van der Waals surface area contributed by atoms with Crippen molar-refractivity contribution in [2.24, 2.45) is 0 Å². The fraction of sp³-hybridized carbons (Fsp3) is 0.200. The van der Waals surface area contributed by atoms with E-state index in [1.54, 1.807) is 19.4 Å². The number of carboxylic acids is 1. The number of aliphatic carboxylic acids is 1. The van der Waals surface area contributed by atoms with E-state index in [0.29, 0.717) is 0 Å². The highest BCUT2D eigenvalue weighted by molar-refractivity contribution is 5.92. The van der Waals surface area contributed by atoms with Crippen LogP contribution in [0.15, 0.2) is 42.2 Å². The molecule has 5 nitrogen and oxygen atoms in total. The lowest BCUT2D eigenvalue weighted by atomic mass is 10.1. The molecule has 20 heavy (non-hydrogen) atoms. The second-order valence-electron chi connectivity index (χ2n) is 4.36. The molecule has 104 valence electrons. The molecule has 1 aromatic carbocycles. The van der Waals surface area contributed by atoms with Crippen molar-refractivity contribution in [1.82, 2.24) is 4.98 Å². The van der Waals surface area contributed by atoms with E-state index in [2.05, 4.69) is 10.3 Å². The predicted molar refractivity (Wildman–Crippen MR) is 77.9 cm³/mol. The van der Waals surface area contributed by atoms with Gasteiger partial charge in [0, 0.05) is 23.3 Å². The summed E-state index contributed by atoms with van der Waals surface area (Å²) in [5.74, 6) is -0.140. The Labute approximate surface area is 116 Å². The van der Waals surface area contributed by atoms with Crippen LogP contribution in [0.1, 0.15) is 13.3 Å². The van der Waals surface area contributed by atoms with Gasteiger partial charge in [-0.3, -0.25) is 9.78 Å². The number of carboxylic acid groups (broad SMARTS) is 1. The second-order valence-corrected chi connectivity index (χ2v) is 4.36. The third-order valence-corrected chi connectivity index (χ3v) is 2.83. The van der Waals surface area contributed by atoms with Crippen LogP contribution in [-0.4, -0.2) is 23.2 Å². The fourth-order valence-electron chi connectivity index (χ4n) is 1.88. The summed E-state index contributed by atoms with van der Waals surface area (Å²) in [5, 5.41) is 12.8. The first-order valence-electron chi connectivity index (χ1n) is 6.18. The number of benzene rings is 1. The van der Waals surface area contributed by atoms with Crippen LogP contribution in [0.5, 0.6) is 5.75 Å². The summed E-state index contributed by atoms with van der Waals surface area (Å²) in [4.78, 5) is 14.9. The second kappa shape index (κ2) is 6.06. The number of hydrogen-bond donors (Lipinski definition) is 2. The summed E-state index contributed by atoms with van der Waals surface area (Å²) >= 11 is 0. The molecule has 0 fully saturated rings. The molecule has 0 aliphatic carbocycles. The number of nitrogens with zero attached hydrogens (tertiary/aromatic N) is 1. The summed E-state index contributed by atoms with van der Waals surface area (Å²) in [5.41, 5.74) is 2.36. The number of nitrogens with one attached hydrogen (secondary N) is 1. The van der Waals surface area contributed by atoms with Crippen LogP contribution in [0, 0.1) is 0 Å². The maximum Gasteiger partial charge on any atom is 0.307 e. The number of methoxy groups -OCH3 is 1. The van der Waals surface area contributed by atoms with Gasteiger partial charge in [0.1, 0.15) is 5.75 Å². The molecule has 2 aromatic rings. The smallest absolute Gasteiger partial charge is 0.307 e. The van der Waals surface area contributed by atoms with Crippen molar-refractivity contribution in [3.8, 4) is 5.75 Å². The number of ether oxygens (including phenoxy) is 1. The fourth-order valence-corrected chi connectivity index (χ4v) is 1.88. The van der Waals surface area contributed by atoms with Gasteiger partial charge in [-0.05, 0) is 19.1 Å². The zero-order valence-corrected chi connectivity index (χ0v) is 11.4. The SMILES string of the molecule is COc1cc(N/C(C)=C/CC(=O)O)c2ncccc2c1. The third-order valence-electron chi connectivity index (χ3n) is 2.83. The first kappa shape index (κ1) is 13.9. The van der Waals surface area contributed by atoms with Gasteiger partial charge in [0.05, 0.1) is 24.7 Å². The molecule has 0 atom stereocenters. The molecule has 0 bridgehead atoms. The van der Waals surface area contributed by atoms with E-state index in [-0.39, 0.29) is 6.42 Å². The molecule has 2 N–H and O–H groups in total. The van der Waals surface area contributed by atoms with E-state index in [9.17, 15) is 4.79 Å². The Morgan fingerprint density at radius 1 is 1.50 bits per heavy atom. The lowest BCUT2D eigenvalue weighted by molar-refractivity contribution is -0.136. The van der Waals surface area contributed by atoms with Crippen LogP contribution in [0.2, 0.25) is 0 Å². The van der Waals surface area contributed by atoms with Crippen LogP contribution < -0.4 is 10.1 Å². The highest BCUT2D eigenvalue weighted by Crippen LogP contribution is 2.28. The van der Waals surface area contributed by atoms with E-state index < -0.39 is 5.97 Å². The summed E-state index contributed by atoms with van der Waals surface area (Å²) in [7, 11) is 1.61. The number of pyridine rings is 1. The Hall–Kier alpha value is -2.56. The molecule has 0 saturated carbocycles. The third kappa shape index (κ3) is 3.26. The minimum absolute atomic E-state index is 0.0197. The minimum Gasteiger partial charge on any atom is -0.497 e. The van der Waals surface area contributed by atoms with Crippen molar-refractivity contribution in [2.45, 2.75) is 13.3 Å². The van der Waals surface area contributed by atoms with Gasteiger partial charge in [-0.2, -0.15) is 0 Å². The molecule has 0 amide bonds. The highest BCUT2D eigenvalue weighted by atomic mass is 16.5. The maximum absolute atomic E-state index is 10.6. The minimum atomic E-state index is -0.861. The molecule has 0 radical (unpaired) electrons. The standard InChI is InChI=1S/C15H16N2O3/c1-10(5-6-14(18)19)17-13-9-12(20-2)8-11-4-3-7-16-15(11)13/h3-5,7-9,17H,6H2,1-2H3,(H,18,19)/b10-5+. The van der Waals surface area contributed by atoms with Crippen molar-refractivity contribution in [1.29, 1.82) is 0 Å². The zero-order chi connectivity index (χ0) is 14.5. The van der Waals surface area contributed by atoms with Gasteiger partial charge in [-0.1, -0.05) is 12.1 Å². The van der Waals surface area contributed by atoms with Crippen LogP contribution in [0.3, 0.4) is 0 Å². The molecule has 2 rings (SSSR count). The van der Waals surface area contributed by atoms with Gasteiger partial charge in [0.15, 0.2) is 0 Å². The predicted octanol–water partition coefficient (Wildman–Crippen LogP) is 3.03. The molecule has 0 saturated heterocycles. The molecule has 1 aromatic heterocycles. The first-order chi connectivity index (χ1) is 9.60. The molecular weight excluding hydrogens is 256 g/mol. The van der Waals surface area contributed by atoms with Gasteiger partial charge >= 0.3 is 5.97 Å². The van der Waals surface area contributed by atoms with Crippen LogP contribution >= 0.6 is 0 Å². The van der Waals surface area contributed by atoms with Gasteiger partial charge in [0.2, 0.25) is 0 Å². The molecule has 0 aliphatic rings. The normalized spacial score (nSPS) is 11.4. The number of fused-ring (bicyclic) bond motifs is 1. The van der Waals surface area contributed by atoms with E-state index in [4.69, 9.17) is 9.84 Å². The summed E-state index contributed by atoms with van der Waals surface area (Å²) in [6, 6.07) is 7.56. The topological polar surface area (TPSA) is 71.5 Å². The van der Waals surface area contributed by atoms with Gasteiger partial charge in [0.25, 0.3) is 0 Å². The van der Waals surface area contributed by atoms with E-state index in [1.807, 2.05) is 31.2 Å². The van der Waals surface area contributed by atoms with E-state index in [0.717, 1.165) is 28.0 Å². The molecule has 5 heteroatoms. The lowest BCUT2D eigenvalue weighted by Crippen LogP contribution is -2.00. The summed E-state index contributed by atoms with van der Waals surface area (Å²) in [6.45, 7) is 1.82. The number of carbonyl (C=O) groups is 1. The van der Waals surface area contributed by atoms with Gasteiger partial charge < -0.3 is 15.2 Å². The summed E-state index contributed by atoms with van der Waals surface area (Å²) in [6.07, 6.45) is 3.32. The van der Waals surface area contributed by atoms with Crippen molar-refractivity contribution in [2.75, 3.05) is 12.4 Å². The Balaban J connectivity index is 2.37. The number of rotatable bonds is 5. The van der Waals surface area contributed by atoms with Crippen LogP contribution in [-0.2, 0) is 4.79 Å². The molecule has 0 aliphatic heterocycles. The quantitative estimate of drug-likeness (QED) is 0.875. The molecule has 1 heterocycles.